The molecule has 6 nitrogen and oxygen atoms in total. The van der Waals surface area contributed by atoms with E-state index in [-0.39, 0.29) is 0 Å². The van der Waals surface area contributed by atoms with Crippen LogP contribution in [0.3, 0.4) is 0 Å². The predicted octanol–water partition coefficient (Wildman–Crippen LogP) is 3.53. The number of H-pyrrole nitrogens is 2. The normalized spacial score (nSPS) is 11.0. The third-order valence-electron chi connectivity index (χ3n) is 2.83. The molecule has 0 aliphatic heterocycles. The number of hydrogen-bond acceptors (Lipinski definition) is 7. The Morgan fingerprint density at radius 1 is 0.810 bits per heavy atom. The van der Waals surface area contributed by atoms with Gasteiger partial charge in [0.15, 0.2) is 0 Å². The van der Waals surface area contributed by atoms with E-state index in [1.54, 1.807) is 46.8 Å². The summed E-state index contributed by atoms with van der Waals surface area (Å²) in [6.45, 7) is 0. The van der Waals surface area contributed by atoms with E-state index in [0.29, 0.717) is 0 Å². The predicted molar refractivity (Wildman–Crippen MR) is 83.5 cm³/mol. The molecule has 0 atom stereocenters. The molecule has 0 aliphatic carbocycles. The highest BCUT2D eigenvalue weighted by atomic mass is 32.2. The molecule has 0 saturated heterocycles. The molecule has 0 aliphatic rings. The average molecular weight is 332 g/mol. The van der Waals surface area contributed by atoms with Gasteiger partial charge in [-0.1, -0.05) is 11.8 Å². The van der Waals surface area contributed by atoms with Crippen LogP contribution in [0.25, 0.3) is 22.5 Å². The maximum Gasteiger partial charge on any atom is 0.114 e. The van der Waals surface area contributed by atoms with Gasteiger partial charge in [-0.15, -0.1) is 22.7 Å². The van der Waals surface area contributed by atoms with Crippen molar-refractivity contribution < 1.29 is 0 Å². The lowest BCUT2D eigenvalue weighted by molar-refractivity contribution is 0.941. The van der Waals surface area contributed by atoms with Gasteiger partial charge in [-0.2, -0.15) is 30.8 Å². The smallest absolute Gasteiger partial charge is 0.114 e. The molecule has 4 aromatic heterocycles. The van der Waals surface area contributed by atoms with Crippen LogP contribution >= 0.6 is 34.4 Å². The van der Waals surface area contributed by atoms with Gasteiger partial charge in [-0.25, -0.2) is 0 Å². The monoisotopic (exact) mass is 332 g/mol. The molecular formula is C12H8N6S3. The summed E-state index contributed by atoms with van der Waals surface area (Å²) in [4.78, 5) is 0. The molecule has 0 saturated carbocycles. The number of nitrogens with one attached hydrogen (secondary N) is 2. The van der Waals surface area contributed by atoms with Crippen LogP contribution in [0.5, 0.6) is 0 Å². The first-order valence-electron chi connectivity index (χ1n) is 5.97. The van der Waals surface area contributed by atoms with Gasteiger partial charge in [-0.3, -0.25) is 0 Å². The third kappa shape index (κ3) is 2.39. The number of thiophene rings is 2. The zero-order valence-corrected chi connectivity index (χ0v) is 12.9. The van der Waals surface area contributed by atoms with Gasteiger partial charge in [0.25, 0.3) is 0 Å². The van der Waals surface area contributed by atoms with Crippen molar-refractivity contribution in [2.24, 2.45) is 0 Å². The first kappa shape index (κ1) is 12.7. The van der Waals surface area contributed by atoms with Crippen LogP contribution in [0, 0.1) is 0 Å². The molecule has 0 aromatic carbocycles. The van der Waals surface area contributed by atoms with E-state index in [1.807, 2.05) is 0 Å². The Kier molecular flexibility index (Phi) is 3.30. The second-order valence-corrected chi connectivity index (χ2v) is 7.43. The molecule has 0 unspecified atom stereocenters. The van der Waals surface area contributed by atoms with Crippen molar-refractivity contribution in [1.29, 1.82) is 0 Å². The second kappa shape index (κ2) is 5.43. The lowest BCUT2D eigenvalue weighted by atomic mass is 10.3. The summed E-state index contributed by atoms with van der Waals surface area (Å²) in [5, 5.41) is 25.5. The zero-order valence-electron chi connectivity index (χ0n) is 10.5. The summed E-state index contributed by atoms with van der Waals surface area (Å²) in [6, 6.07) is 4.13. The summed E-state index contributed by atoms with van der Waals surface area (Å²) >= 11 is 5.12. The second-order valence-electron chi connectivity index (χ2n) is 4.06. The quantitative estimate of drug-likeness (QED) is 0.597. The highest BCUT2D eigenvalue weighted by molar-refractivity contribution is 8.03. The van der Waals surface area contributed by atoms with Gasteiger partial charge in [0, 0.05) is 11.1 Å². The van der Waals surface area contributed by atoms with Crippen molar-refractivity contribution >= 4 is 34.4 Å². The van der Waals surface area contributed by atoms with Crippen molar-refractivity contribution in [2.75, 3.05) is 0 Å². The van der Waals surface area contributed by atoms with Crippen LogP contribution in [0.1, 0.15) is 0 Å². The summed E-state index contributed by atoms with van der Waals surface area (Å²) in [6.07, 6.45) is 3.47. The summed E-state index contributed by atoms with van der Waals surface area (Å²) < 4.78 is 2.38. The van der Waals surface area contributed by atoms with Gasteiger partial charge < -0.3 is 0 Å². The highest BCUT2D eigenvalue weighted by Crippen LogP contribution is 2.44. The Labute approximate surface area is 131 Å². The fourth-order valence-corrected chi connectivity index (χ4v) is 5.24. The van der Waals surface area contributed by atoms with E-state index in [2.05, 4.69) is 53.7 Å². The van der Waals surface area contributed by atoms with Crippen LogP contribution in [0.15, 0.2) is 43.7 Å². The van der Waals surface area contributed by atoms with Crippen molar-refractivity contribution in [1.82, 2.24) is 30.8 Å². The number of hydrogen-bond donors (Lipinski definition) is 2. The number of rotatable bonds is 4. The van der Waals surface area contributed by atoms with E-state index < -0.39 is 0 Å². The lowest BCUT2D eigenvalue weighted by Crippen LogP contribution is -1.79. The number of aromatic amines is 2. The molecule has 0 amide bonds. The van der Waals surface area contributed by atoms with E-state index in [0.717, 1.165) is 22.5 Å². The Morgan fingerprint density at radius 2 is 1.33 bits per heavy atom. The Hall–Kier alpha value is -1.97. The Bertz CT molecular complexity index is 760. The standard InChI is InChI=1S/C12H8N6S3/c1-3-19-11(7(1)9-5-13-17-15-9)21-12-8(2-4-20-12)10-6-14-18-16-10/h1-6H,(H,13,15,17)(H,14,16,18). The van der Waals surface area contributed by atoms with Crippen LogP contribution in [-0.4, -0.2) is 30.8 Å². The summed E-state index contributed by atoms with van der Waals surface area (Å²) in [5.41, 5.74) is 3.91. The molecule has 4 rings (SSSR count). The fraction of sp³-hybridized carbons (Fsp3) is 0. The number of nitrogens with zero attached hydrogens (tertiary/aromatic N) is 4. The molecular weight excluding hydrogens is 324 g/mol. The first-order chi connectivity index (χ1) is 10.4. The van der Waals surface area contributed by atoms with Crippen LogP contribution in [-0.2, 0) is 0 Å². The van der Waals surface area contributed by atoms with E-state index >= 15 is 0 Å². The zero-order chi connectivity index (χ0) is 14.1. The average Bonchev–Trinajstić information content (AvgIpc) is 3.28. The molecule has 4 heterocycles. The van der Waals surface area contributed by atoms with Crippen molar-refractivity contribution in [3.8, 4) is 22.5 Å². The van der Waals surface area contributed by atoms with Crippen molar-refractivity contribution in [2.45, 2.75) is 8.42 Å². The van der Waals surface area contributed by atoms with E-state index in [4.69, 9.17) is 0 Å². The molecule has 4 aromatic rings. The Morgan fingerprint density at radius 3 is 1.76 bits per heavy atom. The maximum atomic E-state index is 4.15. The van der Waals surface area contributed by atoms with Gasteiger partial charge in [0.1, 0.15) is 11.4 Å². The van der Waals surface area contributed by atoms with Crippen molar-refractivity contribution in [3.05, 3.63) is 35.3 Å². The fourth-order valence-electron chi connectivity index (χ4n) is 1.88. The van der Waals surface area contributed by atoms with Crippen LogP contribution in [0.4, 0.5) is 0 Å². The van der Waals surface area contributed by atoms with E-state index in [1.165, 1.54) is 8.42 Å². The van der Waals surface area contributed by atoms with Gasteiger partial charge in [0.2, 0.25) is 0 Å². The minimum Gasteiger partial charge on any atom is -0.197 e. The molecule has 0 fully saturated rings. The molecule has 0 radical (unpaired) electrons. The van der Waals surface area contributed by atoms with E-state index in [9.17, 15) is 0 Å². The Balaban J connectivity index is 1.69. The maximum absolute atomic E-state index is 4.15. The summed E-state index contributed by atoms with van der Waals surface area (Å²) in [5.74, 6) is 0. The topological polar surface area (TPSA) is 83.1 Å². The SMILES string of the molecule is c1cc(-c2cn[nH]n2)c(Sc2sccc2-c2cn[nH]n2)s1. The van der Waals surface area contributed by atoms with Gasteiger partial charge in [0.05, 0.1) is 20.8 Å². The van der Waals surface area contributed by atoms with Crippen LogP contribution < -0.4 is 0 Å². The molecule has 9 heteroatoms. The minimum atomic E-state index is 0.860. The first-order valence-corrected chi connectivity index (χ1v) is 8.54. The highest BCUT2D eigenvalue weighted by Gasteiger charge is 2.15. The molecule has 104 valence electrons. The lowest BCUT2D eigenvalue weighted by Gasteiger charge is -2.01. The molecule has 0 spiro atoms. The molecule has 21 heavy (non-hydrogen) atoms. The van der Waals surface area contributed by atoms with Crippen LogP contribution in [0.2, 0.25) is 0 Å². The molecule has 0 bridgehead atoms. The molecule has 2 N–H and O–H groups in total. The van der Waals surface area contributed by atoms with Gasteiger partial charge >= 0.3 is 0 Å². The largest absolute Gasteiger partial charge is 0.197 e. The van der Waals surface area contributed by atoms with Gasteiger partial charge in [-0.05, 0) is 22.9 Å². The summed E-state index contributed by atoms with van der Waals surface area (Å²) in [7, 11) is 0. The number of aromatic nitrogens is 6. The van der Waals surface area contributed by atoms with Crippen molar-refractivity contribution in [3.63, 3.8) is 0 Å². The third-order valence-corrected chi connectivity index (χ3v) is 6.13. The minimum absolute atomic E-state index is 0.860.